The summed E-state index contributed by atoms with van der Waals surface area (Å²) < 4.78 is 32.1. The number of hydrogen-bond acceptors (Lipinski definition) is 6. The van der Waals surface area contributed by atoms with Crippen molar-refractivity contribution in [2.75, 3.05) is 62.7 Å². The van der Waals surface area contributed by atoms with Crippen LogP contribution in [0.5, 0.6) is 0 Å². The highest BCUT2D eigenvalue weighted by Crippen LogP contribution is 2.20. The maximum atomic E-state index is 12.7. The number of piperazine rings is 1. The summed E-state index contributed by atoms with van der Waals surface area (Å²) in [5.41, 5.74) is 1.92. The van der Waals surface area contributed by atoms with Gasteiger partial charge in [-0.2, -0.15) is 4.31 Å². The fourth-order valence-electron chi connectivity index (χ4n) is 3.63. The number of carbonyl (C=O) groups is 1. The number of nitrogens with zero attached hydrogens (tertiary/aromatic N) is 4. The van der Waals surface area contributed by atoms with E-state index in [1.54, 1.807) is 17.0 Å². The number of anilines is 2. The Hall–Kier alpha value is -2.69. The molecule has 0 bridgehead atoms. The lowest BCUT2D eigenvalue weighted by Gasteiger charge is -2.35. The molecule has 0 saturated carbocycles. The average Bonchev–Trinajstić information content (AvgIpc) is 2.81. The second-order valence-corrected chi connectivity index (χ2v) is 9.58. The Balaban J connectivity index is 1.33. The van der Waals surface area contributed by atoms with Crippen molar-refractivity contribution in [1.29, 1.82) is 0 Å². The van der Waals surface area contributed by atoms with E-state index in [0.717, 1.165) is 11.3 Å². The number of nitrogens with one attached hydrogen (secondary N) is 1. The Bertz CT molecular complexity index is 997. The molecule has 2 aliphatic rings. The van der Waals surface area contributed by atoms with Gasteiger partial charge in [-0.15, -0.1) is 0 Å². The molecule has 166 valence electrons. The molecule has 2 aromatic rings. The van der Waals surface area contributed by atoms with E-state index in [2.05, 4.69) is 15.2 Å². The molecule has 3 heterocycles. The van der Waals surface area contributed by atoms with Crippen LogP contribution in [0.1, 0.15) is 5.56 Å². The molecule has 2 saturated heterocycles. The van der Waals surface area contributed by atoms with Gasteiger partial charge in [0.05, 0.1) is 13.2 Å². The first-order valence-electron chi connectivity index (χ1n) is 10.3. The molecule has 2 amide bonds. The van der Waals surface area contributed by atoms with Crippen LogP contribution in [0.15, 0.2) is 47.5 Å². The molecule has 1 aromatic carbocycles. The number of aryl methyl sites for hydroxylation is 1. The highest BCUT2D eigenvalue weighted by Gasteiger charge is 2.27. The third-order valence-corrected chi connectivity index (χ3v) is 7.40. The largest absolute Gasteiger partial charge is 0.379 e. The van der Waals surface area contributed by atoms with Crippen LogP contribution < -0.4 is 10.2 Å². The zero-order valence-corrected chi connectivity index (χ0v) is 18.3. The molecule has 0 atom stereocenters. The van der Waals surface area contributed by atoms with E-state index in [1.165, 1.54) is 10.5 Å². The number of morpholine rings is 1. The molecule has 2 fully saturated rings. The van der Waals surface area contributed by atoms with Gasteiger partial charge in [-0.25, -0.2) is 18.2 Å². The molecular weight excluding hydrogens is 418 g/mol. The summed E-state index contributed by atoms with van der Waals surface area (Å²) in [6.07, 6.45) is 1.41. The van der Waals surface area contributed by atoms with Crippen LogP contribution in [0.25, 0.3) is 0 Å². The lowest BCUT2D eigenvalue weighted by atomic mass is 10.2. The molecule has 0 unspecified atom stereocenters. The van der Waals surface area contributed by atoms with E-state index in [1.807, 2.05) is 31.2 Å². The SMILES string of the molecule is Cc1ccc(NC(=O)N2CCN(c3ccc(S(=O)(=O)N4CCOCC4)cn3)CC2)cc1. The smallest absolute Gasteiger partial charge is 0.321 e. The Morgan fingerprint density at radius 1 is 0.968 bits per heavy atom. The standard InChI is InChI=1S/C21H27N5O4S/c1-17-2-4-18(5-3-17)23-21(27)25-10-8-24(9-11-25)20-7-6-19(16-22-20)31(28,29)26-12-14-30-15-13-26/h2-7,16H,8-15H2,1H3,(H,23,27). The van der Waals surface area contributed by atoms with Gasteiger partial charge in [-0.3, -0.25) is 0 Å². The number of amides is 2. The molecule has 9 nitrogen and oxygen atoms in total. The van der Waals surface area contributed by atoms with Gasteiger partial charge in [0.15, 0.2) is 0 Å². The third-order valence-electron chi connectivity index (χ3n) is 5.52. The molecule has 31 heavy (non-hydrogen) atoms. The van der Waals surface area contributed by atoms with E-state index in [9.17, 15) is 13.2 Å². The van der Waals surface area contributed by atoms with Crippen LogP contribution in [-0.4, -0.2) is 81.1 Å². The van der Waals surface area contributed by atoms with E-state index >= 15 is 0 Å². The lowest BCUT2D eigenvalue weighted by Crippen LogP contribution is -2.50. The van der Waals surface area contributed by atoms with Crippen molar-refractivity contribution in [1.82, 2.24) is 14.2 Å². The predicted octanol–water partition coefficient (Wildman–Crippen LogP) is 1.77. The molecule has 4 rings (SSSR count). The summed E-state index contributed by atoms with van der Waals surface area (Å²) in [5, 5.41) is 2.92. The molecule has 1 N–H and O–H groups in total. The van der Waals surface area contributed by atoms with Crippen molar-refractivity contribution in [3.63, 3.8) is 0 Å². The minimum Gasteiger partial charge on any atom is -0.379 e. The number of carbonyl (C=O) groups excluding carboxylic acids is 1. The number of urea groups is 1. The summed E-state index contributed by atoms with van der Waals surface area (Å²) in [4.78, 5) is 20.9. The number of rotatable bonds is 4. The minimum atomic E-state index is -3.55. The summed E-state index contributed by atoms with van der Waals surface area (Å²) in [7, 11) is -3.55. The molecule has 0 spiro atoms. The summed E-state index contributed by atoms with van der Waals surface area (Å²) in [5.74, 6) is 0.708. The van der Waals surface area contributed by atoms with Gasteiger partial charge in [0.25, 0.3) is 0 Å². The number of aromatic nitrogens is 1. The zero-order chi connectivity index (χ0) is 21.8. The topological polar surface area (TPSA) is 95.1 Å². The predicted molar refractivity (Wildman–Crippen MR) is 118 cm³/mol. The van der Waals surface area contributed by atoms with Gasteiger partial charge in [0.1, 0.15) is 10.7 Å². The first-order valence-corrected chi connectivity index (χ1v) is 11.8. The molecular formula is C21H27N5O4S. The molecule has 10 heteroatoms. The van der Waals surface area contributed by atoms with Gasteiger partial charge in [0, 0.05) is 51.2 Å². The van der Waals surface area contributed by atoms with Gasteiger partial charge in [-0.05, 0) is 31.2 Å². The van der Waals surface area contributed by atoms with E-state index in [-0.39, 0.29) is 10.9 Å². The van der Waals surface area contributed by atoms with Gasteiger partial charge >= 0.3 is 6.03 Å². The Morgan fingerprint density at radius 2 is 1.65 bits per heavy atom. The van der Waals surface area contributed by atoms with Crippen molar-refractivity contribution in [2.24, 2.45) is 0 Å². The number of benzene rings is 1. The van der Waals surface area contributed by atoms with Crippen molar-refractivity contribution in [3.8, 4) is 0 Å². The van der Waals surface area contributed by atoms with Crippen LogP contribution in [0.3, 0.4) is 0 Å². The van der Waals surface area contributed by atoms with Crippen molar-refractivity contribution < 1.29 is 17.9 Å². The maximum Gasteiger partial charge on any atom is 0.321 e. The maximum absolute atomic E-state index is 12.7. The minimum absolute atomic E-state index is 0.122. The number of ether oxygens (including phenoxy) is 1. The van der Waals surface area contributed by atoms with Crippen molar-refractivity contribution >= 4 is 27.6 Å². The average molecular weight is 446 g/mol. The first kappa shape index (κ1) is 21.5. The molecule has 0 radical (unpaired) electrons. The summed E-state index contributed by atoms with van der Waals surface area (Å²) in [6.45, 7) is 5.92. The van der Waals surface area contributed by atoms with Gasteiger partial charge < -0.3 is 19.9 Å². The van der Waals surface area contributed by atoms with Crippen LogP contribution in [0.2, 0.25) is 0 Å². The zero-order valence-electron chi connectivity index (χ0n) is 17.5. The van der Waals surface area contributed by atoms with Crippen LogP contribution >= 0.6 is 0 Å². The van der Waals surface area contributed by atoms with Crippen molar-refractivity contribution in [2.45, 2.75) is 11.8 Å². The van der Waals surface area contributed by atoms with E-state index < -0.39 is 10.0 Å². The van der Waals surface area contributed by atoms with Gasteiger partial charge in [0.2, 0.25) is 10.0 Å². The normalized spacial score (nSPS) is 18.1. The second-order valence-electron chi connectivity index (χ2n) is 7.64. The van der Waals surface area contributed by atoms with E-state index in [0.29, 0.717) is 58.3 Å². The van der Waals surface area contributed by atoms with E-state index in [4.69, 9.17) is 4.74 Å². The van der Waals surface area contributed by atoms with Crippen LogP contribution in [-0.2, 0) is 14.8 Å². The second kappa shape index (κ2) is 9.21. The Morgan fingerprint density at radius 3 is 2.26 bits per heavy atom. The monoisotopic (exact) mass is 445 g/mol. The van der Waals surface area contributed by atoms with Crippen LogP contribution in [0.4, 0.5) is 16.3 Å². The fraction of sp³-hybridized carbons (Fsp3) is 0.429. The van der Waals surface area contributed by atoms with Gasteiger partial charge in [-0.1, -0.05) is 17.7 Å². The molecule has 0 aliphatic carbocycles. The Kier molecular flexibility index (Phi) is 6.40. The Labute approximate surface area is 182 Å². The lowest BCUT2D eigenvalue weighted by molar-refractivity contribution is 0.0730. The number of pyridine rings is 1. The molecule has 2 aliphatic heterocycles. The number of sulfonamides is 1. The summed E-state index contributed by atoms with van der Waals surface area (Å²) in [6, 6.07) is 10.9. The fourth-order valence-corrected chi connectivity index (χ4v) is 4.98. The van der Waals surface area contributed by atoms with Crippen molar-refractivity contribution in [3.05, 3.63) is 48.2 Å². The highest BCUT2D eigenvalue weighted by molar-refractivity contribution is 7.89. The number of hydrogen-bond donors (Lipinski definition) is 1. The quantitative estimate of drug-likeness (QED) is 0.771. The van der Waals surface area contributed by atoms with Crippen LogP contribution in [0, 0.1) is 6.92 Å². The third kappa shape index (κ3) is 4.97. The molecule has 1 aromatic heterocycles. The summed E-state index contributed by atoms with van der Waals surface area (Å²) >= 11 is 0. The highest BCUT2D eigenvalue weighted by atomic mass is 32.2. The first-order chi connectivity index (χ1) is 14.9.